The molecule has 1 amide bonds. The molecule has 6 heteroatoms. The molecule has 0 aliphatic heterocycles. The number of nitrogens with one attached hydrogen (secondary N) is 1. The normalized spacial score (nSPS) is 10.8. The number of hydrogen-bond acceptors (Lipinski definition) is 4. The van der Waals surface area contributed by atoms with Gasteiger partial charge in [-0.1, -0.05) is 6.07 Å². The maximum Gasteiger partial charge on any atom is 0.308 e. The first-order valence-electron chi connectivity index (χ1n) is 6.93. The van der Waals surface area contributed by atoms with Crippen LogP contribution in [0.1, 0.15) is 31.1 Å². The number of aromatic amines is 1. The number of H-pyrrole nitrogens is 1. The van der Waals surface area contributed by atoms with E-state index in [1.54, 1.807) is 25.2 Å². The number of fused-ring (bicyclic) bond motifs is 1. The van der Waals surface area contributed by atoms with Gasteiger partial charge >= 0.3 is 5.97 Å². The topological polar surface area (TPSA) is 79.5 Å². The first-order valence-corrected chi connectivity index (χ1v) is 6.93. The Morgan fingerprint density at radius 2 is 1.91 bits per heavy atom. The van der Waals surface area contributed by atoms with Crippen molar-refractivity contribution in [3.05, 3.63) is 30.0 Å². The highest BCUT2D eigenvalue weighted by Gasteiger charge is 2.26. The molecule has 0 aliphatic rings. The first-order chi connectivity index (χ1) is 10.3. The second kappa shape index (κ2) is 6.01. The van der Waals surface area contributed by atoms with Gasteiger partial charge in [0.25, 0.3) is 11.7 Å². The molecule has 0 spiro atoms. The zero-order valence-electron chi connectivity index (χ0n) is 13.0. The van der Waals surface area contributed by atoms with E-state index in [1.165, 1.54) is 18.0 Å². The summed E-state index contributed by atoms with van der Waals surface area (Å²) in [5.74, 6) is -1.47. The molecule has 0 saturated carbocycles. The van der Waals surface area contributed by atoms with Crippen molar-refractivity contribution in [3.63, 3.8) is 0 Å². The van der Waals surface area contributed by atoms with Crippen LogP contribution in [0.3, 0.4) is 0 Å². The molecule has 0 fully saturated rings. The minimum atomic E-state index is -0.637. The lowest BCUT2D eigenvalue weighted by Gasteiger charge is -2.20. The second-order valence-corrected chi connectivity index (χ2v) is 5.31. The Hall–Kier alpha value is -2.63. The first kappa shape index (κ1) is 15.8. The SMILES string of the molecule is CC(=O)Oc1cccc2[nH]cc(C(=O)C(=O)N(C)C(C)C)c12. The van der Waals surface area contributed by atoms with Crippen molar-refractivity contribution in [1.82, 2.24) is 9.88 Å². The van der Waals surface area contributed by atoms with Gasteiger partial charge in [-0.25, -0.2) is 0 Å². The molecule has 0 aliphatic carbocycles. The monoisotopic (exact) mass is 302 g/mol. The Balaban J connectivity index is 2.50. The van der Waals surface area contributed by atoms with E-state index in [0.717, 1.165) is 0 Å². The van der Waals surface area contributed by atoms with E-state index < -0.39 is 17.7 Å². The summed E-state index contributed by atoms with van der Waals surface area (Å²) < 4.78 is 5.13. The minimum Gasteiger partial charge on any atom is -0.426 e. The third-order valence-electron chi connectivity index (χ3n) is 3.46. The average Bonchev–Trinajstić information content (AvgIpc) is 2.89. The lowest BCUT2D eigenvalue weighted by Crippen LogP contribution is -2.38. The number of benzene rings is 1. The van der Waals surface area contributed by atoms with Gasteiger partial charge in [0.05, 0.1) is 10.9 Å². The number of Topliss-reactive ketones (excluding diaryl/α,β-unsaturated/α-hetero) is 1. The number of carbonyl (C=O) groups excluding carboxylic acids is 3. The summed E-state index contributed by atoms with van der Waals surface area (Å²) in [5.41, 5.74) is 0.825. The molecule has 1 heterocycles. The number of nitrogens with zero attached hydrogens (tertiary/aromatic N) is 1. The zero-order chi connectivity index (χ0) is 16.4. The predicted molar refractivity (Wildman–Crippen MR) is 81.8 cm³/mol. The lowest BCUT2D eigenvalue weighted by atomic mass is 10.1. The smallest absolute Gasteiger partial charge is 0.308 e. The van der Waals surface area contributed by atoms with E-state index in [-0.39, 0.29) is 17.4 Å². The number of hydrogen-bond donors (Lipinski definition) is 1. The summed E-state index contributed by atoms with van der Waals surface area (Å²) in [4.78, 5) is 40.2. The number of ketones is 1. The molecular formula is C16H18N2O4. The van der Waals surface area contributed by atoms with Crippen LogP contribution in [-0.4, -0.2) is 40.6 Å². The highest BCUT2D eigenvalue weighted by molar-refractivity contribution is 6.45. The Morgan fingerprint density at radius 3 is 2.50 bits per heavy atom. The molecule has 0 radical (unpaired) electrons. The van der Waals surface area contributed by atoms with E-state index in [1.807, 2.05) is 13.8 Å². The molecule has 0 saturated heterocycles. The maximum atomic E-state index is 12.5. The molecular weight excluding hydrogens is 284 g/mol. The molecule has 22 heavy (non-hydrogen) atoms. The van der Waals surface area contributed by atoms with Crippen molar-refractivity contribution in [2.45, 2.75) is 26.8 Å². The van der Waals surface area contributed by atoms with Crippen LogP contribution in [0, 0.1) is 0 Å². The van der Waals surface area contributed by atoms with Gasteiger partial charge < -0.3 is 14.6 Å². The quantitative estimate of drug-likeness (QED) is 0.406. The number of carbonyl (C=O) groups is 3. The summed E-state index contributed by atoms with van der Waals surface area (Å²) in [5, 5.41) is 0.438. The molecule has 6 nitrogen and oxygen atoms in total. The number of rotatable bonds is 4. The van der Waals surface area contributed by atoms with Crippen molar-refractivity contribution in [2.75, 3.05) is 7.05 Å². The van der Waals surface area contributed by atoms with Crippen molar-refractivity contribution in [1.29, 1.82) is 0 Å². The van der Waals surface area contributed by atoms with E-state index in [0.29, 0.717) is 10.9 Å². The fourth-order valence-electron chi connectivity index (χ4n) is 2.08. The summed E-state index contributed by atoms with van der Waals surface area (Å²) >= 11 is 0. The number of ether oxygens (including phenoxy) is 1. The fourth-order valence-corrected chi connectivity index (χ4v) is 2.08. The van der Waals surface area contributed by atoms with Crippen LogP contribution in [0.15, 0.2) is 24.4 Å². The van der Waals surface area contributed by atoms with Crippen molar-refractivity contribution < 1.29 is 19.1 Å². The fraction of sp³-hybridized carbons (Fsp3) is 0.312. The van der Waals surface area contributed by atoms with Crippen LogP contribution in [0.25, 0.3) is 10.9 Å². The lowest BCUT2D eigenvalue weighted by molar-refractivity contribution is -0.131. The van der Waals surface area contributed by atoms with Gasteiger partial charge in [0, 0.05) is 31.7 Å². The van der Waals surface area contributed by atoms with Gasteiger partial charge in [0.2, 0.25) is 0 Å². The van der Waals surface area contributed by atoms with Gasteiger partial charge in [0.1, 0.15) is 5.75 Å². The van der Waals surface area contributed by atoms with Gasteiger partial charge in [-0.3, -0.25) is 14.4 Å². The number of esters is 1. The van der Waals surface area contributed by atoms with Crippen LogP contribution in [0.2, 0.25) is 0 Å². The van der Waals surface area contributed by atoms with Crippen molar-refractivity contribution in [2.24, 2.45) is 0 Å². The molecule has 0 bridgehead atoms. The van der Waals surface area contributed by atoms with Crippen LogP contribution >= 0.6 is 0 Å². The number of amides is 1. The molecule has 2 aromatic rings. The largest absolute Gasteiger partial charge is 0.426 e. The summed E-state index contributed by atoms with van der Waals surface area (Å²) in [7, 11) is 1.58. The Kier molecular flexibility index (Phi) is 4.30. The molecule has 0 unspecified atom stereocenters. The van der Waals surface area contributed by atoms with Gasteiger partial charge in [0.15, 0.2) is 0 Å². The highest BCUT2D eigenvalue weighted by Crippen LogP contribution is 2.29. The summed E-state index contributed by atoms with van der Waals surface area (Å²) in [6.07, 6.45) is 1.46. The van der Waals surface area contributed by atoms with Crippen LogP contribution in [-0.2, 0) is 9.59 Å². The molecule has 116 valence electrons. The molecule has 1 N–H and O–H groups in total. The van der Waals surface area contributed by atoms with Gasteiger partial charge in [-0.2, -0.15) is 0 Å². The molecule has 0 atom stereocenters. The molecule has 1 aromatic carbocycles. The van der Waals surface area contributed by atoms with Crippen LogP contribution in [0.5, 0.6) is 5.75 Å². The maximum absolute atomic E-state index is 12.5. The minimum absolute atomic E-state index is 0.0883. The Bertz CT molecular complexity index is 746. The van der Waals surface area contributed by atoms with E-state index in [2.05, 4.69) is 4.98 Å². The number of aromatic nitrogens is 1. The Labute approximate surface area is 128 Å². The molecule has 1 aromatic heterocycles. The van der Waals surface area contributed by atoms with Crippen molar-refractivity contribution in [3.8, 4) is 5.75 Å². The highest BCUT2D eigenvalue weighted by atomic mass is 16.5. The predicted octanol–water partition coefficient (Wildman–Crippen LogP) is 2.14. The van der Waals surface area contributed by atoms with Gasteiger partial charge in [-0.05, 0) is 26.0 Å². The summed E-state index contributed by atoms with van der Waals surface area (Å²) in [6, 6.07) is 4.95. The third-order valence-corrected chi connectivity index (χ3v) is 3.46. The Morgan fingerprint density at radius 1 is 1.23 bits per heavy atom. The van der Waals surface area contributed by atoms with E-state index in [9.17, 15) is 14.4 Å². The van der Waals surface area contributed by atoms with Crippen molar-refractivity contribution >= 4 is 28.6 Å². The second-order valence-electron chi connectivity index (χ2n) is 5.31. The number of likely N-dealkylation sites (N-methyl/N-ethyl adjacent to an activating group) is 1. The standard InChI is InChI=1S/C16H18N2O4/c1-9(2)18(4)16(21)15(20)11-8-17-12-6-5-7-13(14(11)12)22-10(3)19/h5-9,17H,1-4H3. The zero-order valence-corrected chi connectivity index (χ0v) is 13.0. The van der Waals surface area contributed by atoms with Crippen LogP contribution in [0.4, 0.5) is 0 Å². The average molecular weight is 302 g/mol. The van der Waals surface area contributed by atoms with E-state index >= 15 is 0 Å². The van der Waals surface area contributed by atoms with E-state index in [4.69, 9.17) is 4.74 Å². The third kappa shape index (κ3) is 2.86. The molecule has 2 rings (SSSR count). The van der Waals surface area contributed by atoms with Gasteiger partial charge in [-0.15, -0.1) is 0 Å². The summed E-state index contributed by atoms with van der Waals surface area (Å²) in [6.45, 7) is 4.93. The van der Waals surface area contributed by atoms with Crippen LogP contribution < -0.4 is 4.74 Å².